The molecule has 0 aliphatic heterocycles. The Labute approximate surface area is 139 Å². The van der Waals surface area contributed by atoms with Gasteiger partial charge in [0.1, 0.15) is 11.3 Å². The van der Waals surface area contributed by atoms with E-state index in [2.05, 4.69) is 17.0 Å². The fourth-order valence-electron chi connectivity index (χ4n) is 1.71. The van der Waals surface area contributed by atoms with Crippen LogP contribution in [0.3, 0.4) is 0 Å². The highest BCUT2D eigenvalue weighted by molar-refractivity contribution is 8.68. The quantitative estimate of drug-likeness (QED) is 0.379. The molecule has 1 aromatic heterocycles. The fourth-order valence-corrected chi connectivity index (χ4v) is 2.18. The van der Waals surface area contributed by atoms with Crippen LogP contribution in [0.5, 0.6) is 5.75 Å². The predicted molar refractivity (Wildman–Crippen MR) is 96.2 cm³/mol. The lowest BCUT2D eigenvalue weighted by Gasteiger charge is -2.07. The highest BCUT2D eigenvalue weighted by atomic mass is 33.1. The van der Waals surface area contributed by atoms with Gasteiger partial charge in [-0.2, -0.15) is 0 Å². The molecule has 22 heavy (non-hydrogen) atoms. The number of fused-ring (bicyclic) bond motifs is 1. The minimum Gasteiger partial charge on any atom is -0.423 e. The van der Waals surface area contributed by atoms with Gasteiger partial charge >= 0.3 is 11.7 Å². The molecule has 1 aromatic carbocycles. The lowest BCUT2D eigenvalue weighted by atomic mass is 10.1. The minimum atomic E-state index is -0.554. The van der Waals surface area contributed by atoms with Crippen LogP contribution >= 0.6 is 22.5 Å². The Morgan fingerprint density at radius 1 is 1.41 bits per heavy atom. The molecule has 0 aliphatic carbocycles. The first-order valence-corrected chi connectivity index (χ1v) is 8.90. The molecule has 7 heteroatoms. The molecule has 0 bridgehead atoms. The Morgan fingerprint density at radius 2 is 2.14 bits per heavy atom. The van der Waals surface area contributed by atoms with E-state index in [9.17, 15) is 9.59 Å². The summed E-state index contributed by atoms with van der Waals surface area (Å²) in [6.45, 7) is 6.29. The summed E-state index contributed by atoms with van der Waals surface area (Å²) < 4.78 is 10.2. The van der Waals surface area contributed by atoms with E-state index in [-0.39, 0.29) is 1.43 Å². The van der Waals surface area contributed by atoms with Crippen molar-refractivity contribution in [2.75, 3.05) is 12.3 Å². The van der Waals surface area contributed by atoms with Crippen LogP contribution in [0, 0.1) is 6.92 Å². The van der Waals surface area contributed by atoms with Crippen LogP contribution in [-0.2, 0) is 0 Å². The molecule has 0 radical (unpaired) electrons. The Morgan fingerprint density at radius 3 is 2.82 bits per heavy atom. The van der Waals surface area contributed by atoms with Gasteiger partial charge in [-0.15, -0.1) is 11.7 Å². The maximum absolute atomic E-state index is 11.5. The Kier molecular flexibility index (Phi) is 7.90. The number of rotatable bonds is 4. The van der Waals surface area contributed by atoms with Crippen LogP contribution in [0.15, 0.2) is 33.5 Å². The number of carbonyl (C=O) groups is 1. The maximum Gasteiger partial charge on any atom is 0.412 e. The number of benzene rings is 1. The van der Waals surface area contributed by atoms with Gasteiger partial charge in [0.2, 0.25) is 0 Å². The standard InChI is InChI=1S/C13H13NO4S2.C2H6.H2/c1-8-6-12(15)18-11-7-9(2-3-10(8)11)17-13(16)14-4-5-20-19;1-2;/h2-3,6-7,19H,4-5H2,1H3,(H,14,16);1-2H3;1H. The van der Waals surface area contributed by atoms with Crippen LogP contribution in [-0.4, -0.2) is 18.4 Å². The lowest BCUT2D eigenvalue weighted by molar-refractivity contribution is 0.201. The zero-order chi connectivity index (χ0) is 16.5. The Bertz CT molecular complexity index is 691. The molecule has 1 amide bonds. The fraction of sp³-hybridized carbons (Fsp3) is 0.333. The van der Waals surface area contributed by atoms with Crippen molar-refractivity contribution >= 4 is 39.5 Å². The van der Waals surface area contributed by atoms with Crippen LogP contribution in [0.1, 0.15) is 20.8 Å². The van der Waals surface area contributed by atoms with Gasteiger partial charge in [0, 0.05) is 31.2 Å². The van der Waals surface area contributed by atoms with Crippen LogP contribution < -0.4 is 15.7 Å². The number of ether oxygens (including phenoxy) is 1. The molecule has 122 valence electrons. The van der Waals surface area contributed by atoms with Crippen LogP contribution in [0.2, 0.25) is 0 Å². The first-order valence-electron chi connectivity index (χ1n) is 6.86. The van der Waals surface area contributed by atoms with E-state index < -0.39 is 11.7 Å². The summed E-state index contributed by atoms with van der Waals surface area (Å²) in [6, 6.07) is 6.35. The van der Waals surface area contributed by atoms with Gasteiger partial charge in [-0.05, 0) is 24.6 Å². The van der Waals surface area contributed by atoms with E-state index in [4.69, 9.17) is 9.15 Å². The second-order valence-electron chi connectivity index (χ2n) is 4.06. The van der Waals surface area contributed by atoms with E-state index in [0.29, 0.717) is 23.6 Å². The molecule has 0 saturated heterocycles. The lowest BCUT2D eigenvalue weighted by Crippen LogP contribution is -2.28. The van der Waals surface area contributed by atoms with Crippen molar-refractivity contribution in [1.29, 1.82) is 0 Å². The van der Waals surface area contributed by atoms with E-state index in [1.807, 2.05) is 20.8 Å². The molecule has 0 spiro atoms. The number of thiol groups is 1. The van der Waals surface area contributed by atoms with Crippen molar-refractivity contribution in [2.24, 2.45) is 0 Å². The van der Waals surface area contributed by atoms with Crippen molar-refractivity contribution in [3.05, 3.63) is 40.2 Å². The highest BCUT2D eigenvalue weighted by Gasteiger charge is 2.07. The van der Waals surface area contributed by atoms with Gasteiger partial charge in [-0.25, -0.2) is 9.59 Å². The van der Waals surface area contributed by atoms with Crippen LogP contribution in [0.25, 0.3) is 11.0 Å². The second-order valence-corrected chi connectivity index (χ2v) is 5.50. The second kappa shape index (κ2) is 9.42. The third-order valence-corrected chi connectivity index (χ3v) is 3.53. The van der Waals surface area contributed by atoms with Crippen molar-refractivity contribution in [1.82, 2.24) is 5.32 Å². The first kappa shape index (κ1) is 18.4. The molecule has 1 N–H and O–H groups in total. The number of hydrogen-bond acceptors (Lipinski definition) is 6. The molecule has 1 heterocycles. The molecular formula is C15H21NO4S2. The van der Waals surface area contributed by atoms with Crippen molar-refractivity contribution in [2.45, 2.75) is 20.8 Å². The van der Waals surface area contributed by atoms with E-state index in [0.717, 1.165) is 10.9 Å². The number of aryl methyl sites for hydroxylation is 1. The smallest absolute Gasteiger partial charge is 0.412 e. The summed E-state index contributed by atoms with van der Waals surface area (Å²) in [5.74, 6) is 1.01. The summed E-state index contributed by atoms with van der Waals surface area (Å²) in [7, 11) is 1.33. The molecule has 0 atom stereocenters. The third-order valence-electron chi connectivity index (χ3n) is 2.60. The summed E-state index contributed by atoms with van der Waals surface area (Å²) in [6.07, 6.45) is -0.554. The molecule has 0 aliphatic rings. The Hall–Kier alpha value is -1.60. The normalized spacial score (nSPS) is 9.82. The van der Waals surface area contributed by atoms with Gasteiger partial charge in [-0.1, -0.05) is 24.6 Å². The monoisotopic (exact) mass is 343 g/mol. The average Bonchev–Trinajstić information content (AvgIpc) is 2.49. The number of amides is 1. The summed E-state index contributed by atoms with van der Waals surface area (Å²) in [4.78, 5) is 22.8. The third kappa shape index (κ3) is 5.31. The first-order chi connectivity index (χ1) is 10.6. The average molecular weight is 343 g/mol. The number of hydrogen-bond donors (Lipinski definition) is 2. The van der Waals surface area contributed by atoms with Crippen molar-refractivity contribution in [3.63, 3.8) is 0 Å². The molecule has 2 aromatic rings. The minimum absolute atomic E-state index is 0. The molecule has 0 fully saturated rings. The zero-order valence-corrected chi connectivity index (χ0v) is 14.4. The zero-order valence-electron chi connectivity index (χ0n) is 12.7. The maximum atomic E-state index is 11.5. The van der Waals surface area contributed by atoms with E-state index in [1.165, 1.54) is 22.9 Å². The van der Waals surface area contributed by atoms with E-state index >= 15 is 0 Å². The largest absolute Gasteiger partial charge is 0.423 e. The van der Waals surface area contributed by atoms with Crippen molar-refractivity contribution < 1.29 is 15.4 Å². The highest BCUT2D eigenvalue weighted by Crippen LogP contribution is 2.22. The number of carbonyl (C=O) groups excluding carboxylic acids is 1. The molecule has 0 saturated carbocycles. The van der Waals surface area contributed by atoms with Crippen molar-refractivity contribution in [3.8, 4) is 5.75 Å². The molecule has 0 unspecified atom stereocenters. The predicted octanol–water partition coefficient (Wildman–Crippen LogP) is 4.04. The molecule has 5 nitrogen and oxygen atoms in total. The summed E-state index contributed by atoms with van der Waals surface area (Å²) in [5, 5.41) is 3.39. The molecular weight excluding hydrogens is 322 g/mol. The topological polar surface area (TPSA) is 68.5 Å². The van der Waals surface area contributed by atoms with Gasteiger partial charge in [0.15, 0.2) is 0 Å². The van der Waals surface area contributed by atoms with Gasteiger partial charge in [0.05, 0.1) is 0 Å². The molecule has 2 rings (SSSR count). The summed E-state index contributed by atoms with van der Waals surface area (Å²) in [5.41, 5.74) is 0.784. The number of nitrogens with one attached hydrogen (secondary N) is 1. The van der Waals surface area contributed by atoms with E-state index in [1.54, 1.807) is 12.1 Å². The summed E-state index contributed by atoms with van der Waals surface area (Å²) >= 11 is 3.96. The van der Waals surface area contributed by atoms with Crippen LogP contribution in [0.4, 0.5) is 4.79 Å². The van der Waals surface area contributed by atoms with Gasteiger partial charge in [-0.3, -0.25) is 0 Å². The van der Waals surface area contributed by atoms with Gasteiger partial charge in [0.25, 0.3) is 0 Å². The van der Waals surface area contributed by atoms with Gasteiger partial charge < -0.3 is 14.5 Å². The SMILES string of the molecule is CC.Cc1cc(=O)oc2cc(OC(=O)NCCSS)ccc12.[HH]. The Balaban J connectivity index is 0.00000155.